The summed E-state index contributed by atoms with van der Waals surface area (Å²) in [4.78, 5) is 27.7. The van der Waals surface area contributed by atoms with Gasteiger partial charge in [-0.2, -0.15) is 4.31 Å². The molecule has 160 valence electrons. The summed E-state index contributed by atoms with van der Waals surface area (Å²) < 4.78 is 32.5. The van der Waals surface area contributed by atoms with Crippen LogP contribution in [0.25, 0.3) is 11.1 Å². The fraction of sp³-hybridized carbons (Fsp3) is 0.400. The van der Waals surface area contributed by atoms with Crippen molar-refractivity contribution >= 4 is 38.4 Å². The molecular weight excluding hydrogens is 426 g/mol. The standard InChI is InChI=1S/C20H23N3O5S2/c1-13-7-10-29-18(13)6-8-21-19(24)14-3-2-9-23(12-14)30(26,27)15-4-5-16-17(11-15)28-20(25)22-16/h4-5,7,10-11,14H,2-3,6,8-9,12H2,1H3,(H,21,24)(H,22,25)/t14-/m1/s1. The predicted octanol–water partition coefficient (Wildman–Crippen LogP) is 2.25. The van der Waals surface area contributed by atoms with Crippen LogP contribution in [0.3, 0.4) is 0 Å². The van der Waals surface area contributed by atoms with Crippen LogP contribution in [0, 0.1) is 12.8 Å². The minimum atomic E-state index is -3.79. The zero-order chi connectivity index (χ0) is 21.3. The van der Waals surface area contributed by atoms with Gasteiger partial charge in [-0.15, -0.1) is 11.3 Å². The highest BCUT2D eigenvalue weighted by molar-refractivity contribution is 7.89. The number of hydrogen-bond donors (Lipinski definition) is 2. The molecule has 1 aromatic carbocycles. The number of nitrogens with zero attached hydrogens (tertiary/aromatic N) is 1. The van der Waals surface area contributed by atoms with Crippen LogP contribution in [0.2, 0.25) is 0 Å². The Balaban J connectivity index is 1.42. The Morgan fingerprint density at radius 1 is 1.37 bits per heavy atom. The number of aromatic amines is 1. The summed E-state index contributed by atoms with van der Waals surface area (Å²) in [7, 11) is -3.79. The Bertz CT molecular complexity index is 1220. The Labute approximate surface area is 177 Å². The minimum Gasteiger partial charge on any atom is -0.408 e. The van der Waals surface area contributed by atoms with Crippen molar-refractivity contribution in [2.24, 2.45) is 5.92 Å². The third-order valence-electron chi connectivity index (χ3n) is 5.40. The van der Waals surface area contributed by atoms with Gasteiger partial charge in [-0.1, -0.05) is 0 Å². The summed E-state index contributed by atoms with van der Waals surface area (Å²) in [6.45, 7) is 3.08. The molecular formula is C20H23N3O5S2. The van der Waals surface area contributed by atoms with E-state index in [0.717, 1.165) is 6.42 Å². The molecule has 3 aromatic rings. The summed E-state index contributed by atoms with van der Waals surface area (Å²) in [5.74, 6) is -1.13. The van der Waals surface area contributed by atoms with Crippen molar-refractivity contribution in [3.8, 4) is 0 Å². The predicted molar refractivity (Wildman–Crippen MR) is 114 cm³/mol. The third kappa shape index (κ3) is 4.21. The molecule has 30 heavy (non-hydrogen) atoms. The summed E-state index contributed by atoms with van der Waals surface area (Å²) in [6.07, 6.45) is 2.04. The Hall–Kier alpha value is -2.43. The number of aryl methyl sites for hydroxylation is 1. The van der Waals surface area contributed by atoms with E-state index in [1.165, 1.54) is 32.9 Å². The number of hydrogen-bond acceptors (Lipinski definition) is 6. The van der Waals surface area contributed by atoms with Crippen LogP contribution < -0.4 is 11.1 Å². The molecule has 0 spiro atoms. The monoisotopic (exact) mass is 449 g/mol. The van der Waals surface area contributed by atoms with E-state index >= 15 is 0 Å². The maximum atomic E-state index is 13.1. The first-order valence-corrected chi connectivity index (χ1v) is 12.1. The van der Waals surface area contributed by atoms with E-state index in [4.69, 9.17) is 4.42 Å². The van der Waals surface area contributed by atoms with E-state index < -0.39 is 15.8 Å². The van der Waals surface area contributed by atoms with E-state index in [1.807, 2.05) is 12.3 Å². The number of carbonyl (C=O) groups excluding carboxylic acids is 1. The zero-order valence-electron chi connectivity index (χ0n) is 16.5. The highest BCUT2D eigenvalue weighted by Gasteiger charge is 2.33. The van der Waals surface area contributed by atoms with Crippen molar-refractivity contribution in [3.05, 3.63) is 50.6 Å². The molecule has 1 saturated heterocycles. The van der Waals surface area contributed by atoms with Crippen LogP contribution >= 0.6 is 11.3 Å². The van der Waals surface area contributed by atoms with Gasteiger partial charge in [0.2, 0.25) is 15.9 Å². The quantitative estimate of drug-likeness (QED) is 0.599. The molecule has 0 radical (unpaired) electrons. The summed E-state index contributed by atoms with van der Waals surface area (Å²) in [5.41, 5.74) is 1.85. The van der Waals surface area contributed by atoms with E-state index in [-0.39, 0.29) is 28.8 Å². The minimum absolute atomic E-state index is 0.0481. The third-order valence-corrected chi connectivity index (χ3v) is 8.35. The molecule has 2 aromatic heterocycles. The van der Waals surface area contributed by atoms with Crippen molar-refractivity contribution in [1.29, 1.82) is 0 Å². The normalized spacial score (nSPS) is 18.0. The largest absolute Gasteiger partial charge is 0.417 e. The summed E-state index contributed by atoms with van der Waals surface area (Å²) in [5, 5.41) is 4.98. The molecule has 10 heteroatoms. The molecule has 1 atom stereocenters. The zero-order valence-corrected chi connectivity index (χ0v) is 18.1. The number of carbonyl (C=O) groups is 1. The first-order valence-electron chi connectivity index (χ1n) is 9.78. The molecule has 3 heterocycles. The lowest BCUT2D eigenvalue weighted by molar-refractivity contribution is -0.126. The summed E-state index contributed by atoms with van der Waals surface area (Å²) >= 11 is 1.67. The highest BCUT2D eigenvalue weighted by Crippen LogP contribution is 2.26. The van der Waals surface area contributed by atoms with Gasteiger partial charge in [0.15, 0.2) is 5.58 Å². The number of rotatable bonds is 6. The SMILES string of the molecule is Cc1ccsc1CCNC(=O)[C@@H]1CCCN(S(=O)(=O)c2ccc3[nH]c(=O)oc3c2)C1. The van der Waals surface area contributed by atoms with Crippen LogP contribution in [0.1, 0.15) is 23.3 Å². The molecule has 0 aliphatic carbocycles. The Morgan fingerprint density at radius 2 is 2.20 bits per heavy atom. The van der Waals surface area contributed by atoms with Crippen molar-refractivity contribution in [2.75, 3.05) is 19.6 Å². The van der Waals surface area contributed by atoms with Gasteiger partial charge >= 0.3 is 5.76 Å². The second-order valence-electron chi connectivity index (χ2n) is 7.44. The van der Waals surface area contributed by atoms with E-state index in [2.05, 4.69) is 16.4 Å². The van der Waals surface area contributed by atoms with Crippen molar-refractivity contribution in [2.45, 2.75) is 31.1 Å². The van der Waals surface area contributed by atoms with Gasteiger partial charge in [-0.05, 0) is 55.3 Å². The number of piperidine rings is 1. The molecule has 4 rings (SSSR count). The number of fused-ring (bicyclic) bond motifs is 1. The first-order chi connectivity index (χ1) is 14.3. The summed E-state index contributed by atoms with van der Waals surface area (Å²) in [6, 6.07) is 6.35. The maximum absolute atomic E-state index is 13.1. The highest BCUT2D eigenvalue weighted by atomic mass is 32.2. The van der Waals surface area contributed by atoms with Crippen LogP contribution in [0.5, 0.6) is 0 Å². The van der Waals surface area contributed by atoms with Crippen LogP contribution in [0.15, 0.2) is 43.8 Å². The van der Waals surface area contributed by atoms with Crippen LogP contribution in [-0.4, -0.2) is 43.2 Å². The fourth-order valence-electron chi connectivity index (χ4n) is 3.71. The second kappa shape index (κ2) is 8.37. The molecule has 1 amide bonds. The smallest absolute Gasteiger partial charge is 0.408 e. The second-order valence-corrected chi connectivity index (χ2v) is 10.4. The van der Waals surface area contributed by atoms with E-state index in [0.29, 0.717) is 31.4 Å². The topological polar surface area (TPSA) is 112 Å². The average Bonchev–Trinajstić information content (AvgIpc) is 3.31. The molecule has 2 N–H and O–H groups in total. The number of benzene rings is 1. The number of thiophene rings is 1. The Kier molecular flexibility index (Phi) is 5.81. The van der Waals surface area contributed by atoms with Crippen molar-refractivity contribution in [3.63, 3.8) is 0 Å². The van der Waals surface area contributed by atoms with Crippen LogP contribution in [-0.2, 0) is 21.2 Å². The van der Waals surface area contributed by atoms with Gasteiger partial charge in [0.05, 0.1) is 16.3 Å². The lowest BCUT2D eigenvalue weighted by atomic mass is 9.99. The number of amides is 1. The van der Waals surface area contributed by atoms with Crippen LogP contribution in [0.4, 0.5) is 0 Å². The van der Waals surface area contributed by atoms with Crippen molar-refractivity contribution in [1.82, 2.24) is 14.6 Å². The van der Waals surface area contributed by atoms with Crippen molar-refractivity contribution < 1.29 is 17.6 Å². The number of sulfonamides is 1. The van der Waals surface area contributed by atoms with Gasteiger partial charge in [-0.25, -0.2) is 13.2 Å². The molecule has 1 fully saturated rings. The number of aromatic nitrogens is 1. The first kappa shape index (κ1) is 20.8. The van der Waals surface area contributed by atoms with E-state index in [9.17, 15) is 18.0 Å². The molecule has 0 bridgehead atoms. The number of oxazole rings is 1. The molecule has 0 unspecified atom stereocenters. The Morgan fingerprint density at radius 3 is 2.97 bits per heavy atom. The van der Waals surface area contributed by atoms with Gasteiger partial charge < -0.3 is 9.73 Å². The van der Waals surface area contributed by atoms with Gasteiger partial charge in [-0.3, -0.25) is 9.78 Å². The molecule has 1 aliphatic heterocycles. The molecule has 8 nitrogen and oxygen atoms in total. The number of nitrogens with one attached hydrogen (secondary N) is 2. The lowest BCUT2D eigenvalue weighted by Crippen LogP contribution is -2.45. The van der Waals surface area contributed by atoms with Gasteiger partial charge in [0.1, 0.15) is 0 Å². The van der Waals surface area contributed by atoms with E-state index in [1.54, 1.807) is 11.3 Å². The van der Waals surface area contributed by atoms with Gasteiger partial charge in [0.25, 0.3) is 0 Å². The molecule has 0 saturated carbocycles. The number of H-pyrrole nitrogens is 1. The lowest BCUT2D eigenvalue weighted by Gasteiger charge is -2.31. The fourth-order valence-corrected chi connectivity index (χ4v) is 6.16. The maximum Gasteiger partial charge on any atom is 0.417 e. The molecule has 1 aliphatic rings. The average molecular weight is 450 g/mol. The van der Waals surface area contributed by atoms with Gasteiger partial charge in [0, 0.05) is 30.6 Å².